The molecule has 1 N–H and O–H groups in total. The molecule has 0 fully saturated rings. The smallest absolute Gasteiger partial charge is 0.273 e. The molecule has 136 valence electrons. The maximum absolute atomic E-state index is 12.5. The largest absolute Gasteiger partial charge is 0.446 e. The lowest BCUT2D eigenvalue weighted by molar-refractivity contribution is -0.131. The highest BCUT2D eigenvalue weighted by molar-refractivity contribution is 5.92. The molecule has 2 aromatic rings. The molecule has 0 atom stereocenters. The minimum Gasteiger partial charge on any atom is -0.446 e. The van der Waals surface area contributed by atoms with Crippen molar-refractivity contribution < 1.29 is 14.0 Å². The van der Waals surface area contributed by atoms with Crippen LogP contribution < -0.4 is 5.32 Å². The van der Waals surface area contributed by atoms with Crippen LogP contribution in [0.3, 0.4) is 0 Å². The van der Waals surface area contributed by atoms with Crippen molar-refractivity contribution in [2.45, 2.75) is 19.4 Å². The van der Waals surface area contributed by atoms with E-state index in [0.717, 1.165) is 5.56 Å². The Labute approximate surface area is 153 Å². The number of carbonyl (C=O) groups excluding carboxylic acids is 2. The van der Waals surface area contributed by atoms with Crippen LogP contribution in [0.25, 0.3) is 0 Å². The lowest BCUT2D eigenvalue weighted by Crippen LogP contribution is -2.31. The normalized spacial score (nSPS) is 10.2. The summed E-state index contributed by atoms with van der Waals surface area (Å²) < 4.78 is 5.33. The molecule has 0 unspecified atom stereocenters. The summed E-state index contributed by atoms with van der Waals surface area (Å²) in [5, 5.41) is 2.63. The minimum absolute atomic E-state index is 0.0235. The highest BCUT2D eigenvalue weighted by Gasteiger charge is 2.17. The molecule has 0 aliphatic rings. The molecular weight excluding hydrogens is 330 g/mol. The number of rotatable bonds is 10. The molecule has 1 heterocycles. The Bertz CT molecular complexity index is 753. The van der Waals surface area contributed by atoms with E-state index in [-0.39, 0.29) is 24.1 Å². The van der Waals surface area contributed by atoms with E-state index >= 15 is 0 Å². The van der Waals surface area contributed by atoms with Gasteiger partial charge in [-0.15, -0.1) is 13.2 Å². The van der Waals surface area contributed by atoms with E-state index in [0.29, 0.717) is 31.8 Å². The molecule has 6 nitrogen and oxygen atoms in total. The van der Waals surface area contributed by atoms with Gasteiger partial charge < -0.3 is 14.6 Å². The second-order valence-electron chi connectivity index (χ2n) is 5.67. The van der Waals surface area contributed by atoms with Crippen LogP contribution in [0, 0.1) is 0 Å². The van der Waals surface area contributed by atoms with Crippen molar-refractivity contribution in [1.29, 1.82) is 0 Å². The van der Waals surface area contributed by atoms with Crippen molar-refractivity contribution in [2.75, 3.05) is 13.1 Å². The van der Waals surface area contributed by atoms with Gasteiger partial charge in [0.2, 0.25) is 11.8 Å². The average Bonchev–Trinajstić information content (AvgIpc) is 3.13. The molecule has 2 rings (SSSR count). The minimum atomic E-state index is -0.342. The third kappa shape index (κ3) is 5.73. The van der Waals surface area contributed by atoms with Gasteiger partial charge in [0, 0.05) is 19.5 Å². The van der Waals surface area contributed by atoms with Crippen molar-refractivity contribution >= 4 is 11.8 Å². The van der Waals surface area contributed by atoms with Crippen LogP contribution in [0.5, 0.6) is 0 Å². The van der Waals surface area contributed by atoms with Gasteiger partial charge in [-0.2, -0.15) is 0 Å². The standard InChI is InChI=1S/C20H23N3O3/c1-3-12-21-20(25)17-15-26-18(22-17)14-23(13-4-2)19(24)11-10-16-8-6-5-7-9-16/h3-9,15H,1-2,10-14H2,(H,21,25). The van der Waals surface area contributed by atoms with E-state index in [1.807, 2.05) is 30.3 Å². The van der Waals surface area contributed by atoms with Crippen LogP contribution in [0.1, 0.15) is 28.4 Å². The van der Waals surface area contributed by atoms with Gasteiger partial charge in [0.15, 0.2) is 5.69 Å². The van der Waals surface area contributed by atoms with Gasteiger partial charge in [0.1, 0.15) is 6.26 Å². The van der Waals surface area contributed by atoms with Gasteiger partial charge in [-0.1, -0.05) is 42.5 Å². The Morgan fingerprint density at radius 1 is 1.19 bits per heavy atom. The van der Waals surface area contributed by atoms with Crippen molar-refractivity contribution in [2.24, 2.45) is 0 Å². The summed E-state index contributed by atoms with van der Waals surface area (Å²) in [5.41, 5.74) is 1.29. The van der Waals surface area contributed by atoms with Gasteiger partial charge in [-0.25, -0.2) is 4.98 Å². The number of oxazole rings is 1. The van der Waals surface area contributed by atoms with Gasteiger partial charge in [0.05, 0.1) is 6.54 Å². The van der Waals surface area contributed by atoms with Gasteiger partial charge in [0.25, 0.3) is 5.91 Å². The lowest BCUT2D eigenvalue weighted by atomic mass is 10.1. The molecule has 26 heavy (non-hydrogen) atoms. The summed E-state index contributed by atoms with van der Waals surface area (Å²) >= 11 is 0. The average molecular weight is 353 g/mol. The first-order chi connectivity index (χ1) is 12.6. The topological polar surface area (TPSA) is 75.4 Å². The van der Waals surface area contributed by atoms with E-state index < -0.39 is 0 Å². The zero-order valence-electron chi connectivity index (χ0n) is 14.7. The molecule has 6 heteroatoms. The Kier molecular flexibility index (Phi) is 7.36. The first-order valence-corrected chi connectivity index (χ1v) is 8.40. The van der Waals surface area contributed by atoms with Crippen LogP contribution in [0.2, 0.25) is 0 Å². The number of carbonyl (C=O) groups is 2. The molecule has 0 saturated carbocycles. The zero-order valence-corrected chi connectivity index (χ0v) is 14.7. The maximum Gasteiger partial charge on any atom is 0.273 e. The number of hydrogen-bond acceptors (Lipinski definition) is 4. The summed E-state index contributed by atoms with van der Waals surface area (Å²) in [4.78, 5) is 30.1. The first kappa shape index (κ1) is 19.2. The van der Waals surface area contributed by atoms with E-state index in [1.165, 1.54) is 6.26 Å². The number of nitrogens with one attached hydrogen (secondary N) is 1. The molecule has 0 saturated heterocycles. The number of aryl methyl sites for hydroxylation is 1. The summed E-state index contributed by atoms with van der Waals surface area (Å²) in [6.07, 6.45) is 5.56. The van der Waals surface area contributed by atoms with Crippen molar-refractivity contribution in [3.05, 3.63) is 79.1 Å². The molecule has 0 aliphatic carbocycles. The van der Waals surface area contributed by atoms with Gasteiger partial charge >= 0.3 is 0 Å². The summed E-state index contributed by atoms with van der Waals surface area (Å²) in [6.45, 7) is 8.15. The highest BCUT2D eigenvalue weighted by atomic mass is 16.3. The second kappa shape index (κ2) is 9.98. The molecule has 2 amide bonds. The molecular formula is C20H23N3O3. The van der Waals surface area contributed by atoms with E-state index in [1.54, 1.807) is 17.1 Å². The molecule has 0 radical (unpaired) electrons. The van der Waals surface area contributed by atoms with E-state index in [9.17, 15) is 9.59 Å². The molecule has 0 bridgehead atoms. The number of benzene rings is 1. The fourth-order valence-corrected chi connectivity index (χ4v) is 2.37. The SMILES string of the molecule is C=CCNC(=O)c1coc(CN(CC=C)C(=O)CCc2ccccc2)n1. The lowest BCUT2D eigenvalue weighted by Gasteiger charge is -2.19. The quantitative estimate of drug-likeness (QED) is 0.667. The molecule has 0 aliphatic heterocycles. The van der Waals surface area contributed by atoms with Crippen LogP contribution in [-0.2, 0) is 17.8 Å². The number of nitrogens with zero attached hydrogens (tertiary/aromatic N) is 2. The fraction of sp³-hybridized carbons (Fsp3) is 0.250. The number of hydrogen-bond donors (Lipinski definition) is 1. The predicted molar refractivity (Wildman–Crippen MR) is 99.4 cm³/mol. The van der Waals surface area contributed by atoms with Crippen LogP contribution in [0.15, 0.2) is 66.3 Å². The Balaban J connectivity index is 1.95. The van der Waals surface area contributed by atoms with Crippen molar-refractivity contribution in [1.82, 2.24) is 15.2 Å². The Morgan fingerprint density at radius 3 is 2.65 bits per heavy atom. The van der Waals surface area contributed by atoms with Gasteiger partial charge in [-0.05, 0) is 12.0 Å². The van der Waals surface area contributed by atoms with Crippen molar-refractivity contribution in [3.63, 3.8) is 0 Å². The predicted octanol–water partition coefficient (Wildman–Crippen LogP) is 2.74. The third-order valence-electron chi connectivity index (χ3n) is 3.69. The second-order valence-corrected chi connectivity index (χ2v) is 5.67. The number of aromatic nitrogens is 1. The van der Waals surface area contributed by atoms with Crippen LogP contribution in [0.4, 0.5) is 0 Å². The van der Waals surface area contributed by atoms with Crippen molar-refractivity contribution in [3.8, 4) is 0 Å². The van der Waals surface area contributed by atoms with E-state index in [4.69, 9.17) is 4.42 Å². The van der Waals surface area contributed by atoms with Gasteiger partial charge in [-0.3, -0.25) is 9.59 Å². The fourth-order valence-electron chi connectivity index (χ4n) is 2.37. The van der Waals surface area contributed by atoms with Crippen LogP contribution >= 0.6 is 0 Å². The zero-order chi connectivity index (χ0) is 18.8. The van der Waals surface area contributed by atoms with Crippen LogP contribution in [-0.4, -0.2) is 34.8 Å². The Hall–Kier alpha value is -3.15. The summed E-state index contributed by atoms with van der Waals surface area (Å²) in [5.74, 6) is -0.0566. The summed E-state index contributed by atoms with van der Waals surface area (Å²) in [6, 6.07) is 9.83. The maximum atomic E-state index is 12.5. The first-order valence-electron chi connectivity index (χ1n) is 8.40. The summed E-state index contributed by atoms with van der Waals surface area (Å²) in [7, 11) is 0. The molecule has 0 spiro atoms. The molecule has 1 aromatic carbocycles. The third-order valence-corrected chi connectivity index (χ3v) is 3.69. The van der Waals surface area contributed by atoms with E-state index in [2.05, 4.69) is 23.5 Å². The monoisotopic (exact) mass is 353 g/mol. The Morgan fingerprint density at radius 2 is 1.96 bits per heavy atom. The molecule has 1 aromatic heterocycles. The highest BCUT2D eigenvalue weighted by Crippen LogP contribution is 2.10. The number of amides is 2.